The summed E-state index contributed by atoms with van der Waals surface area (Å²) in [4.78, 5) is 8.81. The van der Waals surface area contributed by atoms with Crippen molar-refractivity contribution in [3.8, 4) is 11.1 Å². The predicted octanol–water partition coefficient (Wildman–Crippen LogP) is 2.31. The molecule has 2 heterocycles. The number of anilines is 1. The molecule has 1 saturated heterocycles. The van der Waals surface area contributed by atoms with Crippen LogP contribution in [0.5, 0.6) is 0 Å². The van der Waals surface area contributed by atoms with E-state index in [2.05, 4.69) is 32.7 Å². The lowest BCUT2D eigenvalue weighted by Gasteiger charge is -2.23. The van der Waals surface area contributed by atoms with E-state index in [0.717, 1.165) is 43.0 Å². The van der Waals surface area contributed by atoms with Gasteiger partial charge in [-0.3, -0.25) is 0 Å². The zero-order valence-electron chi connectivity index (χ0n) is 10.8. The molecule has 98 valence electrons. The molecule has 0 saturated carbocycles. The van der Waals surface area contributed by atoms with Crippen LogP contribution in [0.25, 0.3) is 11.1 Å². The minimum absolute atomic E-state index is 0.490. The molecule has 4 heteroatoms. The summed E-state index contributed by atoms with van der Waals surface area (Å²) in [6.45, 7) is 2.14. The van der Waals surface area contributed by atoms with Gasteiger partial charge in [-0.15, -0.1) is 0 Å². The van der Waals surface area contributed by atoms with Gasteiger partial charge in [-0.25, -0.2) is 9.97 Å². The summed E-state index contributed by atoms with van der Waals surface area (Å²) >= 11 is 0. The van der Waals surface area contributed by atoms with Crippen molar-refractivity contribution in [2.24, 2.45) is 0 Å². The molecule has 0 bridgehead atoms. The highest BCUT2D eigenvalue weighted by Crippen LogP contribution is 2.17. The largest absolute Gasteiger partial charge is 0.351 e. The Hall–Kier alpha value is -1.94. The van der Waals surface area contributed by atoms with Crippen molar-refractivity contribution in [2.45, 2.75) is 18.9 Å². The van der Waals surface area contributed by atoms with Crippen LogP contribution in [-0.2, 0) is 0 Å². The molecule has 1 aliphatic rings. The van der Waals surface area contributed by atoms with E-state index in [1.165, 1.54) is 0 Å². The average Bonchev–Trinajstić information content (AvgIpc) is 2.50. The number of hydrogen-bond donors (Lipinski definition) is 2. The lowest BCUT2D eigenvalue weighted by molar-refractivity contribution is 0.477. The molecule has 2 N–H and O–H groups in total. The molecule has 0 aliphatic carbocycles. The molecule has 0 atom stereocenters. The molecule has 19 heavy (non-hydrogen) atoms. The second-order valence-corrected chi connectivity index (χ2v) is 4.83. The number of nitrogens with one attached hydrogen (secondary N) is 2. The topological polar surface area (TPSA) is 49.8 Å². The fourth-order valence-corrected chi connectivity index (χ4v) is 2.33. The summed E-state index contributed by atoms with van der Waals surface area (Å²) in [7, 11) is 0. The van der Waals surface area contributed by atoms with Crippen molar-refractivity contribution in [3.05, 3.63) is 42.7 Å². The lowest BCUT2D eigenvalue weighted by atomic mass is 10.1. The molecule has 0 spiro atoms. The fraction of sp³-hybridized carbons (Fsp3) is 0.333. The van der Waals surface area contributed by atoms with Crippen molar-refractivity contribution < 1.29 is 0 Å². The molecule has 1 aromatic carbocycles. The maximum absolute atomic E-state index is 4.41. The third-order valence-electron chi connectivity index (χ3n) is 3.43. The first-order chi connectivity index (χ1) is 9.42. The van der Waals surface area contributed by atoms with Crippen LogP contribution in [0, 0.1) is 0 Å². The van der Waals surface area contributed by atoms with Gasteiger partial charge in [0.15, 0.2) is 0 Å². The van der Waals surface area contributed by atoms with Gasteiger partial charge < -0.3 is 10.6 Å². The number of nitrogens with zero attached hydrogens (tertiary/aromatic N) is 2. The Balaban J connectivity index is 1.68. The van der Waals surface area contributed by atoms with E-state index < -0.39 is 0 Å². The standard InChI is InChI=1S/C15H18N4/c1-2-4-12(5-3-1)13-10-17-15(18-11-13)19-14-6-8-16-9-7-14/h1-5,10-11,14,16H,6-9H2,(H,17,18,19). The normalized spacial score (nSPS) is 16.2. The second-order valence-electron chi connectivity index (χ2n) is 4.83. The molecule has 0 radical (unpaired) electrons. The van der Waals surface area contributed by atoms with E-state index in [9.17, 15) is 0 Å². The Kier molecular flexibility index (Phi) is 3.70. The molecule has 0 unspecified atom stereocenters. The number of benzene rings is 1. The van der Waals surface area contributed by atoms with E-state index in [4.69, 9.17) is 0 Å². The molecule has 0 amide bonds. The number of aromatic nitrogens is 2. The van der Waals surface area contributed by atoms with Crippen molar-refractivity contribution in [2.75, 3.05) is 18.4 Å². The Labute approximate surface area is 113 Å². The highest BCUT2D eigenvalue weighted by molar-refractivity contribution is 5.61. The van der Waals surface area contributed by atoms with Crippen LogP contribution < -0.4 is 10.6 Å². The van der Waals surface area contributed by atoms with Crippen molar-refractivity contribution >= 4 is 5.95 Å². The number of piperidine rings is 1. The van der Waals surface area contributed by atoms with E-state index in [0.29, 0.717) is 6.04 Å². The Morgan fingerprint density at radius 1 is 0.947 bits per heavy atom. The zero-order chi connectivity index (χ0) is 12.9. The lowest BCUT2D eigenvalue weighted by Crippen LogP contribution is -2.35. The Bertz CT molecular complexity index is 503. The maximum atomic E-state index is 4.41. The molecular weight excluding hydrogens is 236 g/mol. The third kappa shape index (κ3) is 3.09. The molecule has 3 rings (SSSR count). The highest BCUT2D eigenvalue weighted by atomic mass is 15.1. The van der Waals surface area contributed by atoms with Gasteiger partial charge >= 0.3 is 0 Å². The first-order valence-corrected chi connectivity index (χ1v) is 6.76. The molecule has 1 aliphatic heterocycles. The predicted molar refractivity (Wildman–Crippen MR) is 77.0 cm³/mol. The number of hydrogen-bond acceptors (Lipinski definition) is 4. The van der Waals surface area contributed by atoms with Gasteiger partial charge in [0.1, 0.15) is 0 Å². The van der Waals surface area contributed by atoms with Gasteiger partial charge in [0, 0.05) is 24.0 Å². The van der Waals surface area contributed by atoms with Crippen molar-refractivity contribution in [1.82, 2.24) is 15.3 Å². The minimum Gasteiger partial charge on any atom is -0.351 e. The highest BCUT2D eigenvalue weighted by Gasteiger charge is 2.13. The summed E-state index contributed by atoms with van der Waals surface area (Å²) in [5.74, 6) is 0.728. The third-order valence-corrected chi connectivity index (χ3v) is 3.43. The maximum Gasteiger partial charge on any atom is 0.222 e. The molecule has 4 nitrogen and oxygen atoms in total. The SMILES string of the molecule is c1ccc(-c2cnc(NC3CCNCC3)nc2)cc1. The zero-order valence-corrected chi connectivity index (χ0v) is 10.8. The van der Waals surface area contributed by atoms with Crippen LogP contribution >= 0.6 is 0 Å². The van der Waals surface area contributed by atoms with Gasteiger partial charge in [0.2, 0.25) is 5.95 Å². The molecular formula is C15H18N4. The Morgan fingerprint density at radius 2 is 1.63 bits per heavy atom. The summed E-state index contributed by atoms with van der Waals surface area (Å²) in [6, 6.07) is 10.7. The summed E-state index contributed by atoms with van der Waals surface area (Å²) < 4.78 is 0. The van der Waals surface area contributed by atoms with Gasteiger partial charge in [0.25, 0.3) is 0 Å². The summed E-state index contributed by atoms with van der Waals surface area (Å²) in [6.07, 6.45) is 6.02. The van der Waals surface area contributed by atoms with Gasteiger partial charge in [-0.2, -0.15) is 0 Å². The van der Waals surface area contributed by atoms with E-state index in [-0.39, 0.29) is 0 Å². The van der Waals surface area contributed by atoms with E-state index in [1.807, 2.05) is 30.6 Å². The van der Waals surface area contributed by atoms with Crippen molar-refractivity contribution in [3.63, 3.8) is 0 Å². The molecule has 1 aromatic heterocycles. The van der Waals surface area contributed by atoms with E-state index in [1.54, 1.807) is 0 Å². The van der Waals surface area contributed by atoms with Crippen LogP contribution in [0.2, 0.25) is 0 Å². The van der Waals surface area contributed by atoms with Gasteiger partial charge in [-0.05, 0) is 31.5 Å². The van der Waals surface area contributed by atoms with Crippen LogP contribution in [0.3, 0.4) is 0 Å². The summed E-state index contributed by atoms with van der Waals surface area (Å²) in [5.41, 5.74) is 2.20. The fourth-order valence-electron chi connectivity index (χ4n) is 2.33. The average molecular weight is 254 g/mol. The van der Waals surface area contributed by atoms with Gasteiger partial charge in [-0.1, -0.05) is 30.3 Å². The smallest absolute Gasteiger partial charge is 0.222 e. The second kappa shape index (κ2) is 5.80. The molecule has 1 fully saturated rings. The molecule has 2 aromatic rings. The first kappa shape index (κ1) is 12.1. The van der Waals surface area contributed by atoms with Crippen LogP contribution in [0.4, 0.5) is 5.95 Å². The van der Waals surface area contributed by atoms with Crippen molar-refractivity contribution in [1.29, 1.82) is 0 Å². The van der Waals surface area contributed by atoms with E-state index >= 15 is 0 Å². The quantitative estimate of drug-likeness (QED) is 0.882. The van der Waals surface area contributed by atoms with Crippen LogP contribution in [0.15, 0.2) is 42.7 Å². The minimum atomic E-state index is 0.490. The van der Waals surface area contributed by atoms with Crippen LogP contribution in [-0.4, -0.2) is 29.1 Å². The van der Waals surface area contributed by atoms with Crippen LogP contribution in [0.1, 0.15) is 12.8 Å². The van der Waals surface area contributed by atoms with Gasteiger partial charge in [0.05, 0.1) is 0 Å². The Morgan fingerprint density at radius 3 is 2.32 bits per heavy atom. The monoisotopic (exact) mass is 254 g/mol. The summed E-state index contributed by atoms with van der Waals surface area (Å²) in [5, 5.41) is 6.75. The first-order valence-electron chi connectivity index (χ1n) is 6.76. The number of rotatable bonds is 3.